The fraction of sp³-hybridized carbons (Fsp3) is 0.333. The Morgan fingerprint density at radius 1 is 1.09 bits per heavy atom. The lowest BCUT2D eigenvalue weighted by Crippen LogP contribution is -2.28. The van der Waals surface area contributed by atoms with Gasteiger partial charge in [0.05, 0.1) is 30.3 Å². The molecule has 182 valence electrons. The molecule has 4 heterocycles. The van der Waals surface area contributed by atoms with Crippen LogP contribution in [0, 0.1) is 0 Å². The van der Waals surface area contributed by atoms with Crippen LogP contribution in [0.25, 0.3) is 22.3 Å². The molecule has 0 aliphatic carbocycles. The summed E-state index contributed by atoms with van der Waals surface area (Å²) in [5, 5.41) is 8.75. The number of nitrogens with zero attached hydrogens (tertiary/aromatic N) is 5. The van der Waals surface area contributed by atoms with Crippen LogP contribution in [0.2, 0.25) is 0 Å². The van der Waals surface area contributed by atoms with Gasteiger partial charge in [-0.15, -0.1) is 0 Å². The van der Waals surface area contributed by atoms with Gasteiger partial charge in [-0.25, -0.2) is 15.0 Å². The predicted molar refractivity (Wildman–Crippen MR) is 123 cm³/mol. The molecule has 1 aromatic carbocycles. The number of rotatable bonds is 6. The number of aromatic nitrogens is 5. The van der Waals surface area contributed by atoms with Gasteiger partial charge in [-0.05, 0) is 42.7 Å². The zero-order valence-electron chi connectivity index (χ0n) is 18.9. The van der Waals surface area contributed by atoms with E-state index in [1.54, 1.807) is 24.1 Å². The second-order valence-electron chi connectivity index (χ2n) is 8.23. The molecule has 11 heteroatoms. The third-order valence-electron chi connectivity index (χ3n) is 5.92. The van der Waals surface area contributed by atoms with Crippen LogP contribution in [0.1, 0.15) is 24.1 Å². The predicted octanol–water partition coefficient (Wildman–Crippen LogP) is 4.55. The third kappa shape index (κ3) is 4.90. The zero-order chi connectivity index (χ0) is 24.4. The van der Waals surface area contributed by atoms with Crippen molar-refractivity contribution in [2.45, 2.75) is 31.6 Å². The first kappa shape index (κ1) is 23.0. The van der Waals surface area contributed by atoms with E-state index in [1.165, 1.54) is 0 Å². The van der Waals surface area contributed by atoms with Crippen LogP contribution in [0.15, 0.2) is 48.9 Å². The number of anilines is 1. The number of nitrogens with one attached hydrogen (secondary N) is 1. The Balaban J connectivity index is 1.62. The van der Waals surface area contributed by atoms with Gasteiger partial charge in [0.25, 0.3) is 0 Å². The lowest BCUT2D eigenvalue weighted by atomic mass is 10.1. The Bertz CT molecular complexity index is 1320. The topological polar surface area (TPSA) is 87.0 Å². The zero-order valence-corrected chi connectivity index (χ0v) is 18.9. The summed E-state index contributed by atoms with van der Waals surface area (Å²) >= 11 is 0. The fourth-order valence-electron chi connectivity index (χ4n) is 4.11. The molecule has 35 heavy (non-hydrogen) atoms. The van der Waals surface area contributed by atoms with Gasteiger partial charge in [-0.1, -0.05) is 12.1 Å². The minimum Gasteiger partial charge on any atom is -0.497 e. The molecule has 0 atom stereocenters. The molecule has 0 amide bonds. The summed E-state index contributed by atoms with van der Waals surface area (Å²) in [7, 11) is 1.60. The van der Waals surface area contributed by atoms with Crippen molar-refractivity contribution in [3.8, 4) is 17.1 Å². The van der Waals surface area contributed by atoms with Crippen molar-refractivity contribution in [3.05, 3.63) is 60.2 Å². The molecule has 1 aliphatic heterocycles. The largest absolute Gasteiger partial charge is 0.497 e. The minimum absolute atomic E-state index is 0.0776. The highest BCUT2D eigenvalue weighted by atomic mass is 19.4. The van der Waals surface area contributed by atoms with Gasteiger partial charge < -0.3 is 14.8 Å². The van der Waals surface area contributed by atoms with Crippen LogP contribution >= 0.6 is 0 Å². The standard InChI is InChI=1S/C24H23F3N6O2/c1-34-17-4-2-15(3-5-17)13-33-19-6-9-28-23(31-16-7-10-35-11-8-16)21(19)22(32-33)18-12-20(24(25,26)27)30-14-29-18/h2-6,9,12,14,16H,7-8,10-11,13H2,1H3,(H,28,31). The number of methoxy groups -OCH3 is 1. The first-order valence-electron chi connectivity index (χ1n) is 11.1. The first-order valence-corrected chi connectivity index (χ1v) is 11.1. The van der Waals surface area contributed by atoms with Gasteiger partial charge in [0.1, 0.15) is 29.3 Å². The number of pyridine rings is 1. The van der Waals surface area contributed by atoms with E-state index in [9.17, 15) is 13.2 Å². The number of halogens is 3. The van der Waals surface area contributed by atoms with Crippen LogP contribution in [-0.4, -0.2) is 51.1 Å². The molecule has 1 fully saturated rings. The van der Waals surface area contributed by atoms with Crippen molar-refractivity contribution < 1.29 is 22.6 Å². The molecule has 8 nitrogen and oxygen atoms in total. The molecule has 0 unspecified atom stereocenters. The summed E-state index contributed by atoms with van der Waals surface area (Å²) in [4.78, 5) is 12.0. The van der Waals surface area contributed by atoms with E-state index in [-0.39, 0.29) is 11.7 Å². The third-order valence-corrected chi connectivity index (χ3v) is 5.92. The van der Waals surface area contributed by atoms with Crippen LogP contribution in [0.5, 0.6) is 5.75 Å². The summed E-state index contributed by atoms with van der Waals surface area (Å²) in [5.74, 6) is 1.28. The number of alkyl halides is 3. The molecule has 4 aromatic rings. The summed E-state index contributed by atoms with van der Waals surface area (Å²) in [6, 6.07) is 10.4. The van der Waals surface area contributed by atoms with E-state index in [2.05, 4.69) is 20.3 Å². The molecule has 5 rings (SSSR count). The van der Waals surface area contributed by atoms with Gasteiger partial charge in [0.2, 0.25) is 0 Å². The lowest BCUT2D eigenvalue weighted by Gasteiger charge is -2.24. The molecular weight excluding hydrogens is 461 g/mol. The van der Waals surface area contributed by atoms with Crippen molar-refractivity contribution >= 4 is 16.7 Å². The van der Waals surface area contributed by atoms with E-state index in [0.717, 1.165) is 42.1 Å². The van der Waals surface area contributed by atoms with Crippen LogP contribution < -0.4 is 10.1 Å². The first-order chi connectivity index (χ1) is 16.9. The summed E-state index contributed by atoms with van der Waals surface area (Å²) in [6.45, 7) is 1.68. The highest BCUT2D eigenvalue weighted by Gasteiger charge is 2.33. The molecule has 1 aliphatic rings. The highest BCUT2D eigenvalue weighted by molar-refractivity contribution is 6.00. The van der Waals surface area contributed by atoms with E-state index in [1.807, 2.05) is 24.3 Å². The minimum atomic E-state index is -4.60. The number of fused-ring (bicyclic) bond motifs is 1. The van der Waals surface area contributed by atoms with Crippen molar-refractivity contribution in [1.82, 2.24) is 24.7 Å². The fourth-order valence-corrected chi connectivity index (χ4v) is 4.11. The molecular formula is C24H23F3N6O2. The molecule has 0 radical (unpaired) electrons. The van der Waals surface area contributed by atoms with Crippen molar-refractivity contribution in [2.24, 2.45) is 0 Å². The maximum Gasteiger partial charge on any atom is 0.433 e. The van der Waals surface area contributed by atoms with Crippen LogP contribution in [0.3, 0.4) is 0 Å². The van der Waals surface area contributed by atoms with Crippen molar-refractivity contribution in [3.63, 3.8) is 0 Å². The summed E-state index contributed by atoms with van der Waals surface area (Å²) in [5.41, 5.74) is 1.05. The highest BCUT2D eigenvalue weighted by Crippen LogP contribution is 2.35. The van der Waals surface area contributed by atoms with Gasteiger partial charge in [0, 0.05) is 25.5 Å². The van der Waals surface area contributed by atoms with E-state index < -0.39 is 11.9 Å². The van der Waals surface area contributed by atoms with E-state index >= 15 is 0 Å². The number of hydrogen-bond donors (Lipinski definition) is 1. The maximum atomic E-state index is 13.4. The Hall–Kier alpha value is -3.73. The van der Waals surface area contributed by atoms with Crippen molar-refractivity contribution in [2.75, 3.05) is 25.6 Å². The van der Waals surface area contributed by atoms with E-state index in [0.29, 0.717) is 36.7 Å². The van der Waals surface area contributed by atoms with Gasteiger partial charge >= 0.3 is 6.18 Å². The molecule has 1 saturated heterocycles. The SMILES string of the molecule is COc1ccc(Cn2nc(-c3cc(C(F)(F)F)ncn3)c3c(NC4CCOCC4)nccc32)cc1. The van der Waals surface area contributed by atoms with Gasteiger partial charge in [-0.3, -0.25) is 4.68 Å². The number of hydrogen-bond acceptors (Lipinski definition) is 7. The van der Waals surface area contributed by atoms with Crippen LogP contribution in [0.4, 0.5) is 19.0 Å². The Kier molecular flexibility index (Phi) is 6.25. The molecule has 3 aromatic heterocycles. The quantitative estimate of drug-likeness (QED) is 0.430. The average Bonchev–Trinajstić information content (AvgIpc) is 3.24. The number of ether oxygens (including phenoxy) is 2. The van der Waals surface area contributed by atoms with E-state index in [4.69, 9.17) is 14.6 Å². The second-order valence-corrected chi connectivity index (χ2v) is 8.23. The summed E-state index contributed by atoms with van der Waals surface area (Å²) in [6.07, 6.45) is -0.408. The average molecular weight is 484 g/mol. The lowest BCUT2D eigenvalue weighted by molar-refractivity contribution is -0.141. The van der Waals surface area contributed by atoms with Gasteiger partial charge in [0.15, 0.2) is 0 Å². The molecule has 1 N–H and O–H groups in total. The van der Waals surface area contributed by atoms with Crippen LogP contribution in [-0.2, 0) is 17.5 Å². The smallest absolute Gasteiger partial charge is 0.433 e. The molecule has 0 spiro atoms. The summed E-state index contributed by atoms with van der Waals surface area (Å²) < 4.78 is 52.5. The number of benzene rings is 1. The Morgan fingerprint density at radius 2 is 1.86 bits per heavy atom. The Labute approximate surface area is 199 Å². The molecule has 0 bridgehead atoms. The molecule has 0 saturated carbocycles. The monoisotopic (exact) mass is 484 g/mol. The second kappa shape index (κ2) is 9.49. The normalized spacial score (nSPS) is 14.9. The Morgan fingerprint density at radius 3 is 2.57 bits per heavy atom. The maximum absolute atomic E-state index is 13.4. The van der Waals surface area contributed by atoms with Gasteiger partial charge in [-0.2, -0.15) is 18.3 Å². The van der Waals surface area contributed by atoms with Crippen molar-refractivity contribution in [1.29, 1.82) is 0 Å².